The van der Waals surface area contributed by atoms with Crippen LogP contribution in [0.1, 0.15) is 29.0 Å². The first-order valence-electron chi connectivity index (χ1n) is 7.77. The van der Waals surface area contributed by atoms with E-state index in [9.17, 15) is 9.59 Å². The van der Waals surface area contributed by atoms with Crippen LogP contribution in [0.2, 0.25) is 0 Å². The minimum atomic E-state index is -0.336. The first-order valence-corrected chi connectivity index (χ1v) is 8.56. The Labute approximate surface area is 153 Å². The van der Waals surface area contributed by atoms with E-state index >= 15 is 0 Å². The molecule has 0 fully saturated rings. The molecule has 3 rings (SSSR count). The molecule has 5 nitrogen and oxygen atoms in total. The summed E-state index contributed by atoms with van der Waals surface area (Å²) in [6.07, 6.45) is 0. The Morgan fingerprint density at radius 3 is 2.56 bits per heavy atom. The lowest BCUT2D eigenvalue weighted by atomic mass is 10.1. The molecular formula is C19H16BrN3O2. The molecule has 0 radical (unpaired) electrons. The lowest BCUT2D eigenvalue weighted by Gasteiger charge is -2.15. The summed E-state index contributed by atoms with van der Waals surface area (Å²) in [7, 11) is 0. The van der Waals surface area contributed by atoms with Crippen molar-refractivity contribution in [3.8, 4) is 5.69 Å². The first-order chi connectivity index (χ1) is 12.0. The van der Waals surface area contributed by atoms with Crippen LogP contribution >= 0.6 is 15.9 Å². The number of carbonyl (C=O) groups is 1. The Kier molecular flexibility index (Phi) is 5.09. The molecule has 0 spiro atoms. The van der Waals surface area contributed by atoms with Crippen LogP contribution in [0.5, 0.6) is 0 Å². The van der Waals surface area contributed by atoms with Crippen molar-refractivity contribution in [2.45, 2.75) is 13.0 Å². The summed E-state index contributed by atoms with van der Waals surface area (Å²) < 4.78 is 2.17. The van der Waals surface area contributed by atoms with E-state index in [4.69, 9.17) is 0 Å². The van der Waals surface area contributed by atoms with E-state index in [0.717, 1.165) is 10.0 Å². The summed E-state index contributed by atoms with van der Waals surface area (Å²) >= 11 is 3.42. The maximum absolute atomic E-state index is 12.5. The van der Waals surface area contributed by atoms with Crippen molar-refractivity contribution in [2.75, 3.05) is 0 Å². The second kappa shape index (κ2) is 7.44. The van der Waals surface area contributed by atoms with Crippen LogP contribution in [0.3, 0.4) is 0 Å². The van der Waals surface area contributed by atoms with E-state index < -0.39 is 0 Å². The first kappa shape index (κ1) is 17.1. The van der Waals surface area contributed by atoms with Gasteiger partial charge in [0.25, 0.3) is 11.5 Å². The summed E-state index contributed by atoms with van der Waals surface area (Å²) in [6, 6.07) is 19.3. The third kappa shape index (κ3) is 4.03. The molecule has 0 saturated heterocycles. The molecule has 0 aliphatic carbocycles. The third-order valence-corrected chi connectivity index (χ3v) is 4.22. The molecule has 1 atom stereocenters. The maximum Gasteiger partial charge on any atom is 0.272 e. The molecule has 25 heavy (non-hydrogen) atoms. The minimum Gasteiger partial charge on any atom is -0.344 e. The number of nitrogens with one attached hydrogen (secondary N) is 1. The SMILES string of the molecule is C[C@@H](NC(=O)c1ccc(=O)n(-c2ccccc2)n1)c1cccc(Br)c1. The number of rotatable bonds is 4. The van der Waals surface area contributed by atoms with Gasteiger partial charge in [-0.2, -0.15) is 9.78 Å². The van der Waals surface area contributed by atoms with Crippen molar-refractivity contribution in [1.82, 2.24) is 15.1 Å². The molecule has 1 N–H and O–H groups in total. The number of halogens is 1. The summed E-state index contributed by atoms with van der Waals surface area (Å²) in [5.74, 6) is -0.336. The van der Waals surface area contributed by atoms with Crippen molar-refractivity contribution >= 4 is 21.8 Å². The molecule has 2 aromatic carbocycles. The van der Waals surface area contributed by atoms with Crippen molar-refractivity contribution in [3.05, 3.63) is 92.8 Å². The quantitative estimate of drug-likeness (QED) is 0.732. The van der Waals surface area contributed by atoms with Gasteiger partial charge in [0.1, 0.15) is 5.69 Å². The largest absolute Gasteiger partial charge is 0.344 e. The average Bonchev–Trinajstić information content (AvgIpc) is 2.62. The van der Waals surface area contributed by atoms with Crippen molar-refractivity contribution < 1.29 is 4.79 Å². The van der Waals surface area contributed by atoms with Gasteiger partial charge in [-0.1, -0.05) is 46.3 Å². The minimum absolute atomic E-state index is 0.185. The van der Waals surface area contributed by atoms with Gasteiger partial charge in [-0.25, -0.2) is 0 Å². The van der Waals surface area contributed by atoms with E-state index in [1.165, 1.54) is 16.8 Å². The van der Waals surface area contributed by atoms with Gasteiger partial charge in [-0.05, 0) is 42.8 Å². The lowest BCUT2D eigenvalue weighted by molar-refractivity contribution is 0.0933. The Morgan fingerprint density at radius 1 is 1.08 bits per heavy atom. The summed E-state index contributed by atoms with van der Waals surface area (Å²) in [5.41, 5.74) is 1.48. The van der Waals surface area contributed by atoms with Crippen LogP contribution in [-0.2, 0) is 0 Å². The second-order valence-corrected chi connectivity index (χ2v) is 6.47. The Bertz CT molecular complexity index is 954. The van der Waals surface area contributed by atoms with Gasteiger partial charge in [0.2, 0.25) is 0 Å². The number of amides is 1. The fourth-order valence-corrected chi connectivity index (χ4v) is 2.83. The van der Waals surface area contributed by atoms with E-state index in [2.05, 4.69) is 26.3 Å². The van der Waals surface area contributed by atoms with E-state index in [0.29, 0.717) is 5.69 Å². The van der Waals surface area contributed by atoms with Gasteiger partial charge < -0.3 is 5.32 Å². The van der Waals surface area contributed by atoms with E-state index in [1.807, 2.05) is 49.4 Å². The Balaban J connectivity index is 1.84. The number of aromatic nitrogens is 2. The normalized spacial score (nSPS) is 11.8. The highest BCUT2D eigenvalue weighted by Gasteiger charge is 2.14. The summed E-state index contributed by atoms with van der Waals surface area (Å²) in [6.45, 7) is 1.90. The zero-order chi connectivity index (χ0) is 17.8. The topological polar surface area (TPSA) is 64.0 Å². The molecule has 3 aromatic rings. The highest BCUT2D eigenvalue weighted by atomic mass is 79.9. The van der Waals surface area contributed by atoms with Crippen LogP contribution in [0.4, 0.5) is 0 Å². The smallest absolute Gasteiger partial charge is 0.272 e. The molecule has 126 valence electrons. The van der Waals surface area contributed by atoms with Crippen LogP contribution in [0.25, 0.3) is 5.69 Å². The molecule has 6 heteroatoms. The number of hydrogen-bond donors (Lipinski definition) is 1. The number of benzene rings is 2. The van der Waals surface area contributed by atoms with Crippen LogP contribution in [0, 0.1) is 0 Å². The van der Waals surface area contributed by atoms with Gasteiger partial charge >= 0.3 is 0 Å². The molecule has 0 saturated carbocycles. The van der Waals surface area contributed by atoms with Crippen LogP contribution in [0.15, 0.2) is 76.0 Å². The third-order valence-electron chi connectivity index (χ3n) is 3.73. The number of nitrogens with zero attached hydrogens (tertiary/aromatic N) is 2. The van der Waals surface area contributed by atoms with Gasteiger partial charge in [0, 0.05) is 10.5 Å². The lowest BCUT2D eigenvalue weighted by Crippen LogP contribution is -2.30. The molecule has 0 bridgehead atoms. The fraction of sp³-hybridized carbons (Fsp3) is 0.105. The molecule has 0 aliphatic heterocycles. The van der Waals surface area contributed by atoms with Crippen LogP contribution < -0.4 is 10.9 Å². The van der Waals surface area contributed by atoms with Crippen LogP contribution in [-0.4, -0.2) is 15.7 Å². The number of para-hydroxylation sites is 1. The fourth-order valence-electron chi connectivity index (χ4n) is 2.42. The van der Waals surface area contributed by atoms with E-state index in [-0.39, 0.29) is 23.2 Å². The molecule has 0 unspecified atom stereocenters. The predicted molar refractivity (Wildman–Crippen MR) is 99.9 cm³/mol. The molecule has 1 amide bonds. The Hall–Kier alpha value is -2.73. The van der Waals surface area contributed by atoms with Crippen molar-refractivity contribution in [2.24, 2.45) is 0 Å². The van der Waals surface area contributed by atoms with Crippen molar-refractivity contribution in [3.63, 3.8) is 0 Å². The summed E-state index contributed by atoms with van der Waals surface area (Å²) in [4.78, 5) is 24.5. The van der Waals surface area contributed by atoms with Gasteiger partial charge in [0.05, 0.1) is 11.7 Å². The highest BCUT2D eigenvalue weighted by molar-refractivity contribution is 9.10. The van der Waals surface area contributed by atoms with Gasteiger partial charge in [-0.15, -0.1) is 0 Å². The number of carbonyl (C=O) groups excluding carboxylic acids is 1. The zero-order valence-corrected chi connectivity index (χ0v) is 15.1. The number of hydrogen-bond acceptors (Lipinski definition) is 3. The van der Waals surface area contributed by atoms with Crippen molar-refractivity contribution in [1.29, 1.82) is 0 Å². The summed E-state index contributed by atoms with van der Waals surface area (Å²) in [5, 5.41) is 7.09. The Morgan fingerprint density at radius 2 is 1.84 bits per heavy atom. The zero-order valence-electron chi connectivity index (χ0n) is 13.5. The predicted octanol–water partition coefficient (Wildman–Crippen LogP) is 3.49. The molecule has 1 aromatic heterocycles. The molecular weight excluding hydrogens is 382 g/mol. The van der Waals surface area contributed by atoms with Gasteiger partial charge in [-0.3, -0.25) is 9.59 Å². The molecule has 0 aliphatic rings. The monoisotopic (exact) mass is 397 g/mol. The average molecular weight is 398 g/mol. The second-order valence-electron chi connectivity index (χ2n) is 5.55. The standard InChI is InChI=1S/C19H16BrN3O2/c1-13(14-6-5-7-15(20)12-14)21-19(25)17-10-11-18(24)23(22-17)16-8-3-2-4-9-16/h2-13H,1H3,(H,21,25)/t13-/m1/s1. The highest BCUT2D eigenvalue weighted by Crippen LogP contribution is 2.18. The maximum atomic E-state index is 12.5. The van der Waals surface area contributed by atoms with Gasteiger partial charge in [0.15, 0.2) is 0 Å². The van der Waals surface area contributed by atoms with E-state index in [1.54, 1.807) is 12.1 Å². The molecule has 1 heterocycles.